The standard InChI is InChI=1S/C30H61O2P/c1-7-10-13-16-19-22-25-33(26-23-20-17-14-11-8-2,27-24-21-18-15-12-9-3)29(6)32-30(31)28(4)5/h29,33H,4,7-27H2,1-3,5-6H3. The zero-order valence-electron chi connectivity index (χ0n) is 23.5. The van der Waals surface area contributed by atoms with Crippen molar-refractivity contribution in [2.75, 3.05) is 18.5 Å². The number of carbonyl (C=O) groups is 1. The number of rotatable bonds is 24. The van der Waals surface area contributed by atoms with Gasteiger partial charge in [-0.2, -0.15) is 0 Å². The number of ether oxygens (including phenoxy) is 1. The van der Waals surface area contributed by atoms with Gasteiger partial charge in [0.15, 0.2) is 0 Å². The molecule has 0 aliphatic heterocycles. The van der Waals surface area contributed by atoms with Crippen LogP contribution < -0.4 is 0 Å². The Morgan fingerprint density at radius 2 is 0.939 bits per heavy atom. The molecule has 198 valence electrons. The fourth-order valence-corrected chi connectivity index (χ4v) is 10.3. The van der Waals surface area contributed by atoms with Gasteiger partial charge in [0, 0.05) is 0 Å². The van der Waals surface area contributed by atoms with Gasteiger partial charge in [-0.05, 0) is 0 Å². The van der Waals surface area contributed by atoms with E-state index < -0.39 is 7.26 Å². The van der Waals surface area contributed by atoms with Gasteiger partial charge >= 0.3 is 209 Å². The Balaban J connectivity index is 5.14. The normalized spacial score (nSPS) is 13.1. The first kappa shape index (κ1) is 32.6. The molecule has 0 rings (SSSR count). The molecule has 1 atom stereocenters. The van der Waals surface area contributed by atoms with Crippen LogP contribution in [-0.2, 0) is 9.53 Å². The molecule has 0 N–H and O–H groups in total. The third-order valence-electron chi connectivity index (χ3n) is 7.58. The van der Waals surface area contributed by atoms with Crippen LogP contribution in [0.2, 0.25) is 0 Å². The molecular formula is C30H61O2P. The summed E-state index contributed by atoms with van der Waals surface area (Å²) in [4.78, 5) is 12.4. The molecule has 0 fully saturated rings. The van der Waals surface area contributed by atoms with Gasteiger partial charge in [-0.1, -0.05) is 0 Å². The van der Waals surface area contributed by atoms with Crippen LogP contribution in [0, 0.1) is 0 Å². The molecule has 0 aliphatic carbocycles. The maximum atomic E-state index is 12.4. The Bertz CT molecular complexity index is 433. The quantitative estimate of drug-likeness (QED) is 0.0589. The van der Waals surface area contributed by atoms with E-state index in [2.05, 4.69) is 34.3 Å². The fraction of sp³-hybridized carbons (Fsp3) is 0.900. The average molecular weight is 485 g/mol. The maximum absolute atomic E-state index is 12.4. The molecule has 0 amide bonds. The molecule has 0 saturated carbocycles. The molecule has 0 aromatic rings. The second kappa shape index (κ2) is 22.1. The van der Waals surface area contributed by atoms with E-state index in [1.54, 1.807) is 6.92 Å². The Labute approximate surface area is 209 Å². The first-order valence-corrected chi connectivity index (χ1v) is 17.5. The predicted molar refractivity (Wildman–Crippen MR) is 153 cm³/mol. The molecule has 2 nitrogen and oxygen atoms in total. The van der Waals surface area contributed by atoms with Crippen molar-refractivity contribution in [3.8, 4) is 0 Å². The number of esters is 1. The van der Waals surface area contributed by atoms with Crippen molar-refractivity contribution in [1.29, 1.82) is 0 Å². The van der Waals surface area contributed by atoms with Gasteiger partial charge in [0.05, 0.1) is 0 Å². The summed E-state index contributed by atoms with van der Waals surface area (Å²) in [6, 6.07) is 0. The van der Waals surface area contributed by atoms with Crippen molar-refractivity contribution in [2.24, 2.45) is 0 Å². The minimum absolute atomic E-state index is 0.114. The summed E-state index contributed by atoms with van der Waals surface area (Å²) < 4.78 is 6.09. The second-order valence-corrected chi connectivity index (χ2v) is 15.8. The zero-order chi connectivity index (χ0) is 24.8. The van der Waals surface area contributed by atoms with E-state index in [0.29, 0.717) is 5.57 Å². The monoisotopic (exact) mass is 484 g/mol. The van der Waals surface area contributed by atoms with Crippen LogP contribution in [0.15, 0.2) is 12.2 Å². The molecule has 0 aromatic carbocycles. The first-order chi connectivity index (χ1) is 15.9. The Hall–Kier alpha value is -0.360. The Morgan fingerprint density at radius 1 is 0.636 bits per heavy atom. The summed E-state index contributed by atoms with van der Waals surface area (Å²) in [6.07, 6.45) is 28.3. The van der Waals surface area contributed by atoms with Gasteiger partial charge < -0.3 is 0 Å². The first-order valence-electron chi connectivity index (χ1n) is 14.8. The third kappa shape index (κ3) is 16.8. The number of carbonyl (C=O) groups excluding carboxylic acids is 1. The van der Waals surface area contributed by atoms with Crippen molar-refractivity contribution in [2.45, 2.75) is 156 Å². The fourth-order valence-electron chi connectivity index (χ4n) is 5.14. The van der Waals surface area contributed by atoms with Crippen molar-refractivity contribution in [1.82, 2.24) is 0 Å². The number of unbranched alkanes of at least 4 members (excludes halogenated alkanes) is 15. The summed E-state index contributed by atoms with van der Waals surface area (Å²) in [7, 11) is -1.70. The van der Waals surface area contributed by atoms with Gasteiger partial charge in [-0.25, -0.2) is 0 Å². The van der Waals surface area contributed by atoms with Crippen molar-refractivity contribution >= 4 is 13.2 Å². The van der Waals surface area contributed by atoms with Gasteiger partial charge in [0.2, 0.25) is 0 Å². The van der Waals surface area contributed by atoms with Crippen LogP contribution in [0.4, 0.5) is 0 Å². The molecule has 0 spiro atoms. The van der Waals surface area contributed by atoms with Crippen molar-refractivity contribution in [3.63, 3.8) is 0 Å². The SMILES string of the molecule is C=C(C)C(=O)OC(C)[PH](CCCCCCCC)(CCCCCCCC)CCCCCCCC. The Morgan fingerprint density at radius 3 is 1.24 bits per heavy atom. The average Bonchev–Trinajstić information content (AvgIpc) is 2.79. The molecule has 33 heavy (non-hydrogen) atoms. The molecular weight excluding hydrogens is 423 g/mol. The second-order valence-electron chi connectivity index (χ2n) is 10.7. The van der Waals surface area contributed by atoms with E-state index in [-0.39, 0.29) is 11.8 Å². The zero-order valence-corrected chi connectivity index (χ0v) is 24.5. The molecule has 0 aromatic heterocycles. The summed E-state index contributed by atoms with van der Waals surface area (Å²) >= 11 is 0. The summed E-state index contributed by atoms with van der Waals surface area (Å²) in [5.74, 6) is -0.0585. The molecule has 0 heterocycles. The van der Waals surface area contributed by atoms with Crippen LogP contribution in [0.5, 0.6) is 0 Å². The van der Waals surface area contributed by atoms with E-state index in [1.807, 2.05) is 0 Å². The molecule has 1 unspecified atom stereocenters. The van der Waals surface area contributed by atoms with Crippen LogP contribution in [0.25, 0.3) is 0 Å². The van der Waals surface area contributed by atoms with Gasteiger partial charge in [-0.3, -0.25) is 0 Å². The van der Waals surface area contributed by atoms with E-state index in [1.165, 1.54) is 134 Å². The van der Waals surface area contributed by atoms with Gasteiger partial charge in [0.25, 0.3) is 0 Å². The van der Waals surface area contributed by atoms with E-state index in [0.717, 1.165) is 0 Å². The van der Waals surface area contributed by atoms with Crippen molar-refractivity contribution < 1.29 is 9.53 Å². The molecule has 3 heteroatoms. The predicted octanol–water partition coefficient (Wildman–Crippen LogP) is 10.3. The van der Waals surface area contributed by atoms with Crippen LogP contribution >= 0.6 is 7.26 Å². The Kier molecular flexibility index (Phi) is 21.9. The summed E-state index contributed by atoms with van der Waals surface area (Å²) in [6.45, 7) is 14.7. The van der Waals surface area contributed by atoms with Crippen LogP contribution in [0.3, 0.4) is 0 Å². The van der Waals surface area contributed by atoms with E-state index in [4.69, 9.17) is 4.74 Å². The number of hydrogen-bond acceptors (Lipinski definition) is 2. The van der Waals surface area contributed by atoms with E-state index in [9.17, 15) is 4.79 Å². The van der Waals surface area contributed by atoms with Crippen LogP contribution in [-0.4, -0.2) is 30.3 Å². The van der Waals surface area contributed by atoms with Crippen LogP contribution in [0.1, 0.15) is 150 Å². The minimum atomic E-state index is -1.70. The van der Waals surface area contributed by atoms with Gasteiger partial charge in [-0.15, -0.1) is 0 Å². The van der Waals surface area contributed by atoms with Crippen molar-refractivity contribution in [3.05, 3.63) is 12.2 Å². The van der Waals surface area contributed by atoms with E-state index >= 15 is 0 Å². The molecule has 0 bridgehead atoms. The molecule has 0 saturated heterocycles. The topological polar surface area (TPSA) is 26.3 Å². The summed E-state index contributed by atoms with van der Waals surface area (Å²) in [5.41, 5.74) is 0.545. The van der Waals surface area contributed by atoms with Gasteiger partial charge in [0.1, 0.15) is 0 Å². The third-order valence-corrected chi connectivity index (χ3v) is 13.5. The molecule has 0 aliphatic rings. The summed E-state index contributed by atoms with van der Waals surface area (Å²) in [5, 5.41) is 0. The number of hydrogen-bond donors (Lipinski definition) is 0. The molecule has 0 radical (unpaired) electrons.